The first-order chi connectivity index (χ1) is 16.3. The molecule has 1 heterocycles. The fraction of sp³-hybridized carbons (Fsp3) is 0.375. The quantitative estimate of drug-likeness (QED) is 0.195. The summed E-state index contributed by atoms with van der Waals surface area (Å²) in [6, 6.07) is 14.9. The zero-order valence-electron chi connectivity index (χ0n) is 19.3. The smallest absolute Gasteiger partial charge is 0.388 e. The van der Waals surface area contributed by atoms with E-state index < -0.39 is 5.30 Å². The second kappa shape index (κ2) is 12.3. The highest BCUT2D eigenvalue weighted by Crippen LogP contribution is 2.36. The topological polar surface area (TPSA) is 62.2 Å². The van der Waals surface area contributed by atoms with Crippen molar-refractivity contribution in [1.29, 1.82) is 0 Å². The fourth-order valence-electron chi connectivity index (χ4n) is 3.84. The number of nitrogens with zero attached hydrogens (tertiary/aromatic N) is 3. The Hall–Kier alpha value is -1.68. The number of rotatable bonds is 8. The predicted molar refractivity (Wildman–Crippen MR) is 147 cm³/mol. The number of hydrogen-bond acceptors (Lipinski definition) is 7. The standard InChI is InChI=1S/C24H27BrClN3O3S2/c1-24(13-4-14-33-3)16-28(27-22(24)17-5-9-19(26)10-6-17)15-21(30)29(34-23(31)32-2)20-11-7-18(25)8-12-20/h5-12H,4,13-16H2,1-3H3. The van der Waals surface area contributed by atoms with Crippen LogP contribution in [0, 0.1) is 5.41 Å². The zero-order chi connectivity index (χ0) is 24.7. The molecule has 6 nitrogen and oxygen atoms in total. The lowest BCUT2D eigenvalue weighted by Crippen LogP contribution is -2.37. The second-order valence-corrected chi connectivity index (χ2v) is 11.4. The van der Waals surface area contributed by atoms with Gasteiger partial charge in [-0.1, -0.05) is 46.6 Å². The summed E-state index contributed by atoms with van der Waals surface area (Å²) < 4.78 is 7.02. The summed E-state index contributed by atoms with van der Waals surface area (Å²) in [4.78, 5) is 25.4. The summed E-state index contributed by atoms with van der Waals surface area (Å²) >= 11 is 12.0. The van der Waals surface area contributed by atoms with E-state index in [-0.39, 0.29) is 17.9 Å². The number of thioether (sulfide) groups is 1. The van der Waals surface area contributed by atoms with Crippen molar-refractivity contribution in [3.63, 3.8) is 0 Å². The maximum atomic E-state index is 13.3. The molecular formula is C24H27BrClN3O3S2. The lowest BCUT2D eigenvalue weighted by Gasteiger charge is -2.27. The molecule has 1 aliphatic rings. The van der Waals surface area contributed by atoms with Gasteiger partial charge < -0.3 is 4.74 Å². The summed E-state index contributed by atoms with van der Waals surface area (Å²) in [5.74, 6) is 0.806. The van der Waals surface area contributed by atoms with Crippen LogP contribution in [0.4, 0.5) is 10.5 Å². The van der Waals surface area contributed by atoms with Crippen LogP contribution in [0.1, 0.15) is 25.3 Å². The van der Waals surface area contributed by atoms with Crippen molar-refractivity contribution >= 4 is 73.8 Å². The number of carbonyl (C=O) groups is 2. The molecule has 34 heavy (non-hydrogen) atoms. The Morgan fingerprint density at radius 1 is 1.21 bits per heavy atom. The SMILES string of the molecule is COC(=O)SN(C(=O)CN1CC(C)(CCCSC)C(c2ccc(Cl)cc2)=N1)c1ccc(Br)cc1. The van der Waals surface area contributed by atoms with Gasteiger partial charge in [0.05, 0.1) is 30.5 Å². The van der Waals surface area contributed by atoms with E-state index in [1.807, 2.05) is 48.2 Å². The minimum atomic E-state index is -0.565. The Kier molecular flexibility index (Phi) is 9.76. The van der Waals surface area contributed by atoms with Crippen molar-refractivity contribution in [3.8, 4) is 0 Å². The van der Waals surface area contributed by atoms with E-state index >= 15 is 0 Å². The molecule has 0 aliphatic carbocycles. The Labute approximate surface area is 222 Å². The Bertz CT molecular complexity index is 1040. The molecule has 0 saturated heterocycles. The third-order valence-corrected chi connectivity index (χ3v) is 7.87. The van der Waals surface area contributed by atoms with Crippen LogP contribution in [0.2, 0.25) is 5.02 Å². The molecule has 0 fully saturated rings. The van der Waals surface area contributed by atoms with E-state index in [9.17, 15) is 9.59 Å². The lowest BCUT2D eigenvalue weighted by atomic mass is 9.78. The average molecular weight is 585 g/mol. The van der Waals surface area contributed by atoms with Crippen LogP contribution in [0.5, 0.6) is 0 Å². The van der Waals surface area contributed by atoms with Crippen LogP contribution in [0.25, 0.3) is 0 Å². The van der Waals surface area contributed by atoms with Gasteiger partial charge in [-0.3, -0.25) is 9.80 Å². The van der Waals surface area contributed by atoms with Gasteiger partial charge in [0.25, 0.3) is 5.91 Å². The maximum Gasteiger partial charge on any atom is 0.388 e. The van der Waals surface area contributed by atoms with Crippen LogP contribution in [0.15, 0.2) is 58.1 Å². The minimum absolute atomic E-state index is 0.0370. The Morgan fingerprint density at radius 2 is 1.88 bits per heavy atom. The van der Waals surface area contributed by atoms with E-state index in [0.717, 1.165) is 46.3 Å². The van der Waals surface area contributed by atoms with Crippen LogP contribution in [0.3, 0.4) is 0 Å². The van der Waals surface area contributed by atoms with E-state index in [4.69, 9.17) is 21.4 Å². The predicted octanol–water partition coefficient (Wildman–Crippen LogP) is 6.72. The average Bonchev–Trinajstić information content (AvgIpc) is 3.14. The summed E-state index contributed by atoms with van der Waals surface area (Å²) in [5, 5.41) is 6.77. The molecule has 182 valence electrons. The molecule has 3 rings (SSSR count). The van der Waals surface area contributed by atoms with E-state index in [0.29, 0.717) is 17.3 Å². The molecule has 2 aromatic rings. The lowest BCUT2D eigenvalue weighted by molar-refractivity contribution is -0.118. The molecule has 1 amide bonds. The first-order valence-corrected chi connectivity index (χ1v) is 14.0. The molecule has 1 unspecified atom stereocenters. The third kappa shape index (κ3) is 6.93. The molecule has 0 aromatic heterocycles. The molecule has 10 heteroatoms. The molecule has 1 atom stereocenters. The molecule has 0 saturated carbocycles. The van der Waals surface area contributed by atoms with Crippen LogP contribution in [-0.2, 0) is 9.53 Å². The van der Waals surface area contributed by atoms with Gasteiger partial charge in [0, 0.05) is 21.5 Å². The highest BCUT2D eigenvalue weighted by Gasteiger charge is 2.40. The van der Waals surface area contributed by atoms with Crippen molar-refractivity contribution < 1.29 is 14.3 Å². The number of amides is 1. The molecule has 2 aromatic carbocycles. The zero-order valence-corrected chi connectivity index (χ0v) is 23.3. The van der Waals surface area contributed by atoms with Gasteiger partial charge in [0.1, 0.15) is 6.54 Å². The first kappa shape index (κ1) is 26.9. The molecule has 0 spiro atoms. The highest BCUT2D eigenvalue weighted by molar-refractivity contribution is 9.10. The van der Waals surface area contributed by atoms with Crippen molar-refractivity contribution in [2.24, 2.45) is 10.5 Å². The molecular weight excluding hydrogens is 558 g/mol. The third-order valence-electron chi connectivity index (χ3n) is 5.48. The van der Waals surface area contributed by atoms with Crippen LogP contribution >= 0.6 is 51.2 Å². The number of carbonyl (C=O) groups excluding carboxylic acids is 2. The monoisotopic (exact) mass is 583 g/mol. The molecule has 0 radical (unpaired) electrons. The Morgan fingerprint density at radius 3 is 2.50 bits per heavy atom. The van der Waals surface area contributed by atoms with Gasteiger partial charge in [-0.15, -0.1) is 0 Å². The van der Waals surface area contributed by atoms with Gasteiger partial charge in [0.15, 0.2) is 0 Å². The highest BCUT2D eigenvalue weighted by atomic mass is 79.9. The summed E-state index contributed by atoms with van der Waals surface area (Å²) in [7, 11) is 1.29. The van der Waals surface area contributed by atoms with E-state index in [2.05, 4.69) is 29.1 Å². The maximum absolute atomic E-state index is 13.3. The number of hydrogen-bond donors (Lipinski definition) is 0. The van der Waals surface area contributed by atoms with Crippen molar-refractivity contribution in [2.45, 2.75) is 19.8 Å². The van der Waals surface area contributed by atoms with Crippen molar-refractivity contribution in [3.05, 3.63) is 63.6 Å². The number of benzene rings is 2. The minimum Gasteiger partial charge on any atom is -0.460 e. The van der Waals surface area contributed by atoms with E-state index in [1.54, 1.807) is 17.1 Å². The summed E-state index contributed by atoms with van der Waals surface area (Å²) in [6.45, 7) is 2.85. The largest absolute Gasteiger partial charge is 0.460 e. The fourth-order valence-corrected chi connectivity index (χ4v) is 5.27. The number of ether oxygens (including phenoxy) is 1. The van der Waals surface area contributed by atoms with Crippen LogP contribution in [-0.4, -0.2) is 54.1 Å². The Balaban J connectivity index is 1.85. The number of methoxy groups -OCH3 is 1. The van der Waals surface area contributed by atoms with Gasteiger partial charge >= 0.3 is 5.30 Å². The van der Waals surface area contributed by atoms with Gasteiger partial charge in [-0.2, -0.15) is 16.9 Å². The normalized spacial score (nSPS) is 17.4. The van der Waals surface area contributed by atoms with Gasteiger partial charge in [-0.25, -0.2) is 9.10 Å². The van der Waals surface area contributed by atoms with Crippen molar-refractivity contribution in [1.82, 2.24) is 5.01 Å². The second-order valence-electron chi connectivity index (χ2n) is 8.15. The van der Waals surface area contributed by atoms with Crippen molar-refractivity contribution in [2.75, 3.05) is 36.5 Å². The van der Waals surface area contributed by atoms with Gasteiger partial charge in [-0.05, 0) is 66.8 Å². The van der Waals surface area contributed by atoms with Crippen LogP contribution < -0.4 is 4.31 Å². The first-order valence-electron chi connectivity index (χ1n) is 10.7. The summed E-state index contributed by atoms with van der Waals surface area (Å²) in [6.07, 6.45) is 4.11. The summed E-state index contributed by atoms with van der Waals surface area (Å²) in [5.41, 5.74) is 2.34. The molecule has 0 bridgehead atoms. The van der Waals surface area contributed by atoms with Gasteiger partial charge in [0.2, 0.25) is 0 Å². The molecule has 0 N–H and O–H groups in total. The van der Waals surface area contributed by atoms with E-state index in [1.165, 1.54) is 11.4 Å². The molecule has 1 aliphatic heterocycles. The number of halogens is 2. The number of anilines is 1. The number of hydrazone groups is 1.